The summed E-state index contributed by atoms with van der Waals surface area (Å²) in [6, 6.07) is 0. The number of hydrogen-bond acceptors (Lipinski definition) is 3. The highest BCUT2D eigenvalue weighted by Crippen LogP contribution is 2.21. The second-order valence-electron chi connectivity index (χ2n) is 3.87. The number of ketones is 1. The maximum atomic E-state index is 11.6. The summed E-state index contributed by atoms with van der Waals surface area (Å²) in [7, 11) is 0. The van der Waals surface area contributed by atoms with Crippen LogP contribution in [-0.4, -0.2) is 18.4 Å². The van der Waals surface area contributed by atoms with Crippen LogP contribution < -0.4 is 0 Å². The molecule has 0 saturated heterocycles. The molecule has 0 heterocycles. The second-order valence-corrected chi connectivity index (χ2v) is 3.87. The first kappa shape index (κ1) is 13.1. The lowest BCUT2D eigenvalue weighted by molar-refractivity contribution is -0.157. The smallest absolute Gasteiger partial charge is 0.319 e. The molecule has 3 nitrogen and oxygen atoms in total. The Labute approximate surface area is 85.8 Å². The quantitative estimate of drug-likeness (QED) is 0.488. The minimum atomic E-state index is -0.981. The normalized spacial score (nSPS) is 11.1. The van der Waals surface area contributed by atoms with E-state index >= 15 is 0 Å². The lowest BCUT2D eigenvalue weighted by Gasteiger charge is -2.20. The van der Waals surface area contributed by atoms with Gasteiger partial charge in [-0.05, 0) is 27.2 Å². The van der Waals surface area contributed by atoms with E-state index in [0.29, 0.717) is 13.0 Å². The van der Waals surface area contributed by atoms with Crippen molar-refractivity contribution < 1.29 is 14.3 Å². The van der Waals surface area contributed by atoms with Gasteiger partial charge in [-0.25, -0.2) is 0 Å². The molecule has 0 fully saturated rings. The van der Waals surface area contributed by atoms with Crippen LogP contribution >= 0.6 is 0 Å². The number of ether oxygens (including phenoxy) is 1. The number of esters is 1. The van der Waals surface area contributed by atoms with Crippen LogP contribution in [-0.2, 0) is 14.3 Å². The molecular formula is C11H20O3. The lowest BCUT2D eigenvalue weighted by Crippen LogP contribution is -2.35. The number of unbranched alkanes of at least 4 members (excludes halogenated alkanes) is 1. The van der Waals surface area contributed by atoms with Gasteiger partial charge in [-0.1, -0.05) is 13.3 Å². The number of Topliss-reactive ketones (excluding diaryl/α,β-unsaturated/α-hetero) is 1. The standard InChI is InChI=1S/C11H20O3/c1-5-7-8-9(12)11(3,4)10(13)14-6-2/h5-8H2,1-4H3. The van der Waals surface area contributed by atoms with Crippen molar-refractivity contribution in [3.8, 4) is 0 Å². The summed E-state index contributed by atoms with van der Waals surface area (Å²) >= 11 is 0. The van der Waals surface area contributed by atoms with Crippen LogP contribution in [0, 0.1) is 5.41 Å². The van der Waals surface area contributed by atoms with E-state index < -0.39 is 11.4 Å². The van der Waals surface area contributed by atoms with Gasteiger partial charge in [0.2, 0.25) is 0 Å². The lowest BCUT2D eigenvalue weighted by atomic mass is 9.85. The number of carbonyl (C=O) groups excluding carboxylic acids is 2. The van der Waals surface area contributed by atoms with Gasteiger partial charge in [0.05, 0.1) is 6.61 Å². The predicted molar refractivity (Wildman–Crippen MR) is 54.9 cm³/mol. The maximum Gasteiger partial charge on any atom is 0.319 e. The molecule has 0 aromatic rings. The molecule has 0 atom stereocenters. The molecule has 0 bridgehead atoms. The summed E-state index contributed by atoms with van der Waals surface area (Å²) in [5.41, 5.74) is -0.981. The van der Waals surface area contributed by atoms with Crippen LogP contribution in [0.15, 0.2) is 0 Å². The highest BCUT2D eigenvalue weighted by atomic mass is 16.5. The fourth-order valence-corrected chi connectivity index (χ4v) is 1.08. The first-order valence-electron chi connectivity index (χ1n) is 5.17. The number of carbonyl (C=O) groups is 2. The third kappa shape index (κ3) is 3.48. The zero-order chi connectivity index (χ0) is 11.2. The molecule has 0 radical (unpaired) electrons. The van der Waals surface area contributed by atoms with Crippen molar-refractivity contribution in [3.63, 3.8) is 0 Å². The molecule has 0 spiro atoms. The highest BCUT2D eigenvalue weighted by Gasteiger charge is 2.36. The average Bonchev–Trinajstić information content (AvgIpc) is 2.14. The molecule has 3 heteroatoms. The van der Waals surface area contributed by atoms with Gasteiger partial charge in [-0.3, -0.25) is 9.59 Å². The molecule has 0 aliphatic rings. The molecule has 0 aromatic heterocycles. The van der Waals surface area contributed by atoms with Gasteiger partial charge in [-0.2, -0.15) is 0 Å². The summed E-state index contributed by atoms with van der Waals surface area (Å²) in [5.74, 6) is -0.445. The maximum absolute atomic E-state index is 11.6. The van der Waals surface area contributed by atoms with Crippen LogP contribution in [0.5, 0.6) is 0 Å². The van der Waals surface area contributed by atoms with Crippen LogP contribution in [0.4, 0.5) is 0 Å². The number of hydrogen-bond donors (Lipinski definition) is 0. The van der Waals surface area contributed by atoms with Crippen LogP contribution in [0.25, 0.3) is 0 Å². The topological polar surface area (TPSA) is 43.4 Å². The average molecular weight is 200 g/mol. The fraction of sp³-hybridized carbons (Fsp3) is 0.818. The van der Waals surface area contributed by atoms with E-state index in [9.17, 15) is 9.59 Å². The molecule has 0 saturated carbocycles. The molecule has 14 heavy (non-hydrogen) atoms. The second kappa shape index (κ2) is 5.78. The van der Waals surface area contributed by atoms with Gasteiger partial charge < -0.3 is 4.74 Å². The van der Waals surface area contributed by atoms with Crippen molar-refractivity contribution in [2.24, 2.45) is 5.41 Å². The van der Waals surface area contributed by atoms with Gasteiger partial charge in [0.15, 0.2) is 0 Å². The Balaban J connectivity index is 4.28. The van der Waals surface area contributed by atoms with Crippen LogP contribution in [0.2, 0.25) is 0 Å². The van der Waals surface area contributed by atoms with E-state index in [1.807, 2.05) is 6.92 Å². The first-order valence-corrected chi connectivity index (χ1v) is 5.17. The molecule has 82 valence electrons. The first-order chi connectivity index (χ1) is 6.46. The van der Waals surface area contributed by atoms with Crippen LogP contribution in [0.1, 0.15) is 47.0 Å². The largest absolute Gasteiger partial charge is 0.465 e. The molecule has 0 aliphatic heterocycles. The van der Waals surface area contributed by atoms with E-state index in [1.165, 1.54) is 0 Å². The van der Waals surface area contributed by atoms with E-state index in [1.54, 1.807) is 20.8 Å². The molecule has 0 unspecified atom stereocenters. The van der Waals surface area contributed by atoms with Gasteiger partial charge in [0.1, 0.15) is 11.2 Å². The summed E-state index contributed by atoms with van der Waals surface area (Å²) < 4.78 is 4.85. The molecule has 0 aromatic carbocycles. The Morgan fingerprint density at radius 2 is 1.79 bits per heavy atom. The van der Waals surface area contributed by atoms with Crippen molar-refractivity contribution in [2.45, 2.75) is 47.0 Å². The van der Waals surface area contributed by atoms with E-state index in [2.05, 4.69) is 0 Å². The molecule has 0 amide bonds. The molecule has 0 N–H and O–H groups in total. The van der Waals surface area contributed by atoms with Gasteiger partial charge in [0.25, 0.3) is 0 Å². The van der Waals surface area contributed by atoms with Crippen molar-refractivity contribution in [1.29, 1.82) is 0 Å². The summed E-state index contributed by atoms with van der Waals surface area (Å²) in [6.07, 6.45) is 2.26. The molecule has 0 aliphatic carbocycles. The summed E-state index contributed by atoms with van der Waals surface area (Å²) in [6.45, 7) is 7.34. The van der Waals surface area contributed by atoms with E-state index in [-0.39, 0.29) is 5.78 Å². The minimum absolute atomic E-state index is 0.0298. The van der Waals surface area contributed by atoms with Gasteiger partial charge in [0, 0.05) is 6.42 Å². The Bertz CT molecular complexity index is 207. The minimum Gasteiger partial charge on any atom is -0.465 e. The highest BCUT2D eigenvalue weighted by molar-refractivity contribution is 6.02. The van der Waals surface area contributed by atoms with Crippen molar-refractivity contribution in [3.05, 3.63) is 0 Å². The summed E-state index contributed by atoms with van der Waals surface area (Å²) in [5, 5.41) is 0. The SMILES string of the molecule is CCCCC(=O)C(C)(C)C(=O)OCC. The molecular weight excluding hydrogens is 180 g/mol. The molecule has 0 rings (SSSR count). The zero-order valence-corrected chi connectivity index (χ0v) is 9.55. The van der Waals surface area contributed by atoms with Crippen molar-refractivity contribution in [1.82, 2.24) is 0 Å². The summed E-state index contributed by atoms with van der Waals surface area (Å²) in [4.78, 5) is 23.1. The Kier molecular flexibility index (Phi) is 5.43. The van der Waals surface area contributed by atoms with E-state index in [4.69, 9.17) is 4.74 Å². The van der Waals surface area contributed by atoms with Gasteiger partial charge in [-0.15, -0.1) is 0 Å². The predicted octanol–water partition coefficient (Wildman–Crippen LogP) is 2.33. The fourth-order valence-electron chi connectivity index (χ4n) is 1.08. The van der Waals surface area contributed by atoms with Crippen molar-refractivity contribution in [2.75, 3.05) is 6.61 Å². The number of rotatable bonds is 6. The van der Waals surface area contributed by atoms with E-state index in [0.717, 1.165) is 12.8 Å². The van der Waals surface area contributed by atoms with Gasteiger partial charge >= 0.3 is 5.97 Å². The van der Waals surface area contributed by atoms with Crippen molar-refractivity contribution >= 4 is 11.8 Å². The monoisotopic (exact) mass is 200 g/mol. The third-order valence-electron chi connectivity index (χ3n) is 2.24. The van der Waals surface area contributed by atoms with Crippen LogP contribution in [0.3, 0.4) is 0 Å². The zero-order valence-electron chi connectivity index (χ0n) is 9.55. The third-order valence-corrected chi connectivity index (χ3v) is 2.24. The Morgan fingerprint density at radius 1 is 1.21 bits per heavy atom. The Morgan fingerprint density at radius 3 is 2.21 bits per heavy atom. The Hall–Kier alpha value is -0.860.